The molecule has 0 radical (unpaired) electrons. The number of hydrogen-bond acceptors (Lipinski definition) is 2. The van der Waals surface area contributed by atoms with Gasteiger partial charge in [-0.15, -0.1) is 0 Å². The van der Waals surface area contributed by atoms with Gasteiger partial charge in [-0.05, 0) is 76.4 Å². The zero-order valence-electron chi connectivity index (χ0n) is 13.6. The lowest BCUT2D eigenvalue weighted by molar-refractivity contribution is 0.159. The Morgan fingerprint density at radius 2 is 2.00 bits per heavy atom. The summed E-state index contributed by atoms with van der Waals surface area (Å²) in [6.07, 6.45) is 3.94. The highest BCUT2D eigenvalue weighted by Crippen LogP contribution is 2.24. The number of nitrogens with one attached hydrogen (secondary N) is 1. The van der Waals surface area contributed by atoms with E-state index in [0.29, 0.717) is 12.1 Å². The molecular weight excluding hydrogens is 324 g/mol. The van der Waals surface area contributed by atoms with Gasteiger partial charge in [-0.25, -0.2) is 0 Å². The predicted octanol–water partition coefficient (Wildman–Crippen LogP) is 4.61. The summed E-state index contributed by atoms with van der Waals surface area (Å²) in [5.41, 5.74) is 1.36. The molecule has 0 bridgehead atoms. The molecule has 1 aliphatic heterocycles. The van der Waals surface area contributed by atoms with Gasteiger partial charge in [0.15, 0.2) is 0 Å². The predicted molar refractivity (Wildman–Crippen MR) is 94.6 cm³/mol. The molecule has 1 saturated heterocycles. The summed E-state index contributed by atoms with van der Waals surface area (Å²) in [4.78, 5) is 2.61. The van der Waals surface area contributed by atoms with Crippen molar-refractivity contribution in [3.05, 3.63) is 34.3 Å². The van der Waals surface area contributed by atoms with Crippen LogP contribution >= 0.6 is 15.9 Å². The Hall–Kier alpha value is -0.380. The molecule has 21 heavy (non-hydrogen) atoms. The standard InChI is InChI=1S/C18H29BrN2/c1-4-10-21-11-8-16(9-12-21)14(2)20-15(3)17-6-5-7-18(19)13-17/h5-7,13-16,20H,4,8-12H2,1-3H3/t14?,15-/m1/s1. The molecule has 0 saturated carbocycles. The highest BCUT2D eigenvalue weighted by molar-refractivity contribution is 9.10. The Labute approximate surface area is 138 Å². The number of halogens is 1. The molecule has 3 heteroatoms. The van der Waals surface area contributed by atoms with E-state index in [0.717, 1.165) is 10.4 Å². The summed E-state index contributed by atoms with van der Waals surface area (Å²) >= 11 is 3.56. The van der Waals surface area contributed by atoms with Crippen molar-refractivity contribution in [3.63, 3.8) is 0 Å². The number of hydrogen-bond donors (Lipinski definition) is 1. The number of benzene rings is 1. The van der Waals surface area contributed by atoms with Gasteiger partial charge in [0.1, 0.15) is 0 Å². The van der Waals surface area contributed by atoms with Crippen LogP contribution in [0.25, 0.3) is 0 Å². The van der Waals surface area contributed by atoms with Crippen LogP contribution in [0.1, 0.15) is 51.6 Å². The maximum atomic E-state index is 3.80. The fourth-order valence-corrected chi connectivity index (χ4v) is 3.81. The van der Waals surface area contributed by atoms with Crippen molar-refractivity contribution >= 4 is 15.9 Å². The topological polar surface area (TPSA) is 15.3 Å². The van der Waals surface area contributed by atoms with Gasteiger partial charge in [0.25, 0.3) is 0 Å². The van der Waals surface area contributed by atoms with Crippen LogP contribution < -0.4 is 5.32 Å². The van der Waals surface area contributed by atoms with Crippen molar-refractivity contribution in [3.8, 4) is 0 Å². The maximum absolute atomic E-state index is 3.80. The molecule has 0 aliphatic carbocycles. The fraction of sp³-hybridized carbons (Fsp3) is 0.667. The minimum Gasteiger partial charge on any atom is -0.307 e. The molecule has 2 nitrogen and oxygen atoms in total. The first kappa shape index (κ1) is 17.0. The lowest BCUT2D eigenvalue weighted by Gasteiger charge is -2.36. The van der Waals surface area contributed by atoms with Crippen LogP contribution in [0.2, 0.25) is 0 Å². The van der Waals surface area contributed by atoms with E-state index in [2.05, 4.69) is 71.2 Å². The van der Waals surface area contributed by atoms with Crippen LogP contribution in [-0.4, -0.2) is 30.6 Å². The van der Waals surface area contributed by atoms with Gasteiger partial charge >= 0.3 is 0 Å². The molecule has 1 heterocycles. The molecule has 0 spiro atoms. The lowest BCUT2D eigenvalue weighted by Crippen LogP contribution is -2.42. The van der Waals surface area contributed by atoms with E-state index in [4.69, 9.17) is 0 Å². The summed E-state index contributed by atoms with van der Waals surface area (Å²) in [5.74, 6) is 0.813. The minimum atomic E-state index is 0.408. The van der Waals surface area contributed by atoms with Crippen LogP contribution in [-0.2, 0) is 0 Å². The molecule has 118 valence electrons. The van der Waals surface area contributed by atoms with Crippen molar-refractivity contribution in [2.24, 2.45) is 5.92 Å². The van der Waals surface area contributed by atoms with Gasteiger partial charge in [-0.2, -0.15) is 0 Å². The fourth-order valence-electron chi connectivity index (χ4n) is 3.40. The molecule has 1 aromatic carbocycles. The van der Waals surface area contributed by atoms with Gasteiger partial charge < -0.3 is 10.2 Å². The van der Waals surface area contributed by atoms with E-state index < -0.39 is 0 Å². The van der Waals surface area contributed by atoms with Crippen molar-refractivity contribution in [2.45, 2.75) is 52.1 Å². The third kappa shape index (κ3) is 5.08. The molecule has 2 rings (SSSR count). The molecule has 1 unspecified atom stereocenters. The molecule has 1 aliphatic rings. The van der Waals surface area contributed by atoms with Crippen molar-refractivity contribution in [2.75, 3.05) is 19.6 Å². The Morgan fingerprint density at radius 3 is 2.62 bits per heavy atom. The quantitative estimate of drug-likeness (QED) is 0.803. The Morgan fingerprint density at radius 1 is 1.29 bits per heavy atom. The Bertz CT molecular complexity index is 427. The first-order chi connectivity index (χ1) is 10.1. The molecular formula is C18H29BrN2. The average Bonchev–Trinajstić information content (AvgIpc) is 2.48. The number of likely N-dealkylation sites (tertiary alicyclic amines) is 1. The zero-order chi connectivity index (χ0) is 15.2. The maximum Gasteiger partial charge on any atom is 0.0294 e. The average molecular weight is 353 g/mol. The van der Waals surface area contributed by atoms with Crippen LogP contribution in [0.4, 0.5) is 0 Å². The van der Waals surface area contributed by atoms with E-state index in [1.54, 1.807) is 0 Å². The third-order valence-corrected chi connectivity index (χ3v) is 5.23. The molecule has 1 aromatic rings. The van der Waals surface area contributed by atoms with E-state index in [1.807, 2.05) is 0 Å². The third-order valence-electron chi connectivity index (χ3n) is 4.74. The lowest BCUT2D eigenvalue weighted by atomic mass is 9.89. The molecule has 1 fully saturated rings. The largest absolute Gasteiger partial charge is 0.307 e. The van der Waals surface area contributed by atoms with Gasteiger partial charge in [-0.1, -0.05) is 35.0 Å². The SMILES string of the molecule is CCCN1CCC(C(C)N[C@H](C)c2cccc(Br)c2)CC1. The van der Waals surface area contributed by atoms with Crippen LogP contribution in [0.15, 0.2) is 28.7 Å². The van der Waals surface area contributed by atoms with Gasteiger partial charge in [-0.3, -0.25) is 0 Å². The highest BCUT2D eigenvalue weighted by atomic mass is 79.9. The van der Waals surface area contributed by atoms with Crippen LogP contribution in [0.3, 0.4) is 0 Å². The second kappa shape index (κ2) is 8.30. The second-order valence-electron chi connectivity index (χ2n) is 6.41. The molecule has 2 atom stereocenters. The monoisotopic (exact) mass is 352 g/mol. The van der Waals surface area contributed by atoms with E-state index in [1.165, 1.54) is 44.5 Å². The number of piperidine rings is 1. The van der Waals surface area contributed by atoms with Crippen molar-refractivity contribution in [1.29, 1.82) is 0 Å². The van der Waals surface area contributed by atoms with E-state index >= 15 is 0 Å². The van der Waals surface area contributed by atoms with Crippen LogP contribution in [0.5, 0.6) is 0 Å². The number of rotatable bonds is 6. The Balaban J connectivity index is 1.83. The summed E-state index contributed by atoms with van der Waals surface area (Å²) in [5, 5.41) is 3.80. The molecule has 0 amide bonds. The summed E-state index contributed by atoms with van der Waals surface area (Å²) in [6, 6.07) is 9.62. The van der Waals surface area contributed by atoms with E-state index in [-0.39, 0.29) is 0 Å². The molecule has 1 N–H and O–H groups in total. The zero-order valence-corrected chi connectivity index (χ0v) is 15.2. The van der Waals surface area contributed by atoms with Crippen LogP contribution in [0, 0.1) is 5.92 Å². The summed E-state index contributed by atoms with van der Waals surface area (Å²) in [6.45, 7) is 10.7. The number of nitrogens with zero attached hydrogens (tertiary/aromatic N) is 1. The van der Waals surface area contributed by atoms with Gasteiger partial charge in [0.2, 0.25) is 0 Å². The van der Waals surface area contributed by atoms with Gasteiger partial charge in [0.05, 0.1) is 0 Å². The van der Waals surface area contributed by atoms with Crippen molar-refractivity contribution < 1.29 is 0 Å². The summed E-state index contributed by atoms with van der Waals surface area (Å²) < 4.78 is 1.16. The van der Waals surface area contributed by atoms with Gasteiger partial charge in [0, 0.05) is 16.6 Å². The first-order valence-electron chi connectivity index (χ1n) is 8.34. The molecule has 0 aromatic heterocycles. The Kier molecular flexibility index (Phi) is 6.72. The first-order valence-corrected chi connectivity index (χ1v) is 9.13. The smallest absolute Gasteiger partial charge is 0.0294 e. The van der Waals surface area contributed by atoms with E-state index in [9.17, 15) is 0 Å². The normalized spacial score (nSPS) is 20.4. The highest BCUT2D eigenvalue weighted by Gasteiger charge is 2.24. The van der Waals surface area contributed by atoms with Crippen molar-refractivity contribution in [1.82, 2.24) is 10.2 Å². The minimum absolute atomic E-state index is 0.408. The second-order valence-corrected chi connectivity index (χ2v) is 7.33. The summed E-state index contributed by atoms with van der Waals surface area (Å²) in [7, 11) is 0.